The highest BCUT2D eigenvalue weighted by atomic mass is 16.4. The molecular weight excluding hydrogens is 332 g/mol. The summed E-state index contributed by atoms with van der Waals surface area (Å²) >= 11 is 0. The molecule has 2 saturated heterocycles. The molecule has 5 N–H and O–H groups in total. The Balaban J connectivity index is 1.88. The zero-order valence-electron chi connectivity index (χ0n) is 14.1. The molecule has 0 aromatic heterocycles. The van der Waals surface area contributed by atoms with Crippen molar-refractivity contribution in [2.24, 2.45) is 17.6 Å². The third-order valence-electron chi connectivity index (χ3n) is 4.77. The van der Waals surface area contributed by atoms with Gasteiger partial charge in [-0.15, -0.1) is 0 Å². The summed E-state index contributed by atoms with van der Waals surface area (Å²) in [5.41, 5.74) is 5.15. The first-order chi connectivity index (χ1) is 11.7. The van der Waals surface area contributed by atoms with Crippen LogP contribution in [0.2, 0.25) is 0 Å². The van der Waals surface area contributed by atoms with Crippen molar-refractivity contribution in [3.8, 4) is 0 Å². The van der Waals surface area contributed by atoms with E-state index in [9.17, 15) is 24.3 Å². The number of carbonyl (C=O) groups excluding carboxylic acids is 3. The fraction of sp³-hybridized carbons (Fsp3) is 0.733. The molecule has 0 saturated carbocycles. The number of likely N-dealkylation sites (tertiary alicyclic amines) is 2. The quantitative estimate of drug-likeness (QED) is 0.455. The van der Waals surface area contributed by atoms with Gasteiger partial charge in [-0.3, -0.25) is 14.4 Å². The first-order valence-electron chi connectivity index (χ1n) is 8.25. The zero-order chi connectivity index (χ0) is 18.7. The second kappa shape index (κ2) is 7.68. The SMILES string of the molecule is C[C@@H](O)[C@H](NC(=O)[C@@H]1CCN(C(=O)[C@H]2CCN(C(=O)O)C2)C1)C(N)=O. The van der Waals surface area contributed by atoms with Crippen LogP contribution >= 0.6 is 0 Å². The lowest BCUT2D eigenvalue weighted by molar-refractivity contribution is -0.135. The van der Waals surface area contributed by atoms with E-state index in [0.29, 0.717) is 25.9 Å². The molecule has 0 aromatic rings. The predicted octanol–water partition coefficient (Wildman–Crippen LogP) is -1.81. The molecule has 2 rings (SSSR count). The number of primary amides is 1. The molecule has 2 aliphatic heterocycles. The number of nitrogens with zero attached hydrogens (tertiary/aromatic N) is 2. The monoisotopic (exact) mass is 356 g/mol. The molecule has 4 atom stereocenters. The van der Waals surface area contributed by atoms with Gasteiger partial charge in [-0.2, -0.15) is 0 Å². The number of carboxylic acid groups (broad SMARTS) is 1. The van der Waals surface area contributed by atoms with E-state index in [4.69, 9.17) is 10.8 Å². The van der Waals surface area contributed by atoms with Crippen molar-refractivity contribution in [2.75, 3.05) is 26.2 Å². The van der Waals surface area contributed by atoms with E-state index in [0.717, 1.165) is 0 Å². The van der Waals surface area contributed by atoms with E-state index in [1.54, 1.807) is 4.90 Å². The molecule has 4 amide bonds. The predicted molar refractivity (Wildman–Crippen MR) is 85.2 cm³/mol. The lowest BCUT2D eigenvalue weighted by atomic mass is 10.1. The number of hydrogen-bond donors (Lipinski definition) is 4. The largest absolute Gasteiger partial charge is 0.465 e. The third kappa shape index (κ3) is 4.38. The van der Waals surface area contributed by atoms with Gasteiger partial charge >= 0.3 is 6.09 Å². The van der Waals surface area contributed by atoms with Gasteiger partial charge in [0, 0.05) is 26.2 Å². The standard InChI is InChI=1S/C15H24N4O6/c1-8(20)11(12(16)21)17-13(22)9-2-4-18(6-9)14(23)10-3-5-19(7-10)15(24)25/h8-11,20H,2-7H2,1H3,(H2,16,21)(H,17,22)(H,24,25)/t8-,9-,10+,11+/m1/s1. The summed E-state index contributed by atoms with van der Waals surface area (Å²) in [5, 5.41) is 20.9. The number of nitrogens with two attached hydrogens (primary N) is 1. The molecule has 25 heavy (non-hydrogen) atoms. The fourth-order valence-corrected chi connectivity index (χ4v) is 3.27. The van der Waals surface area contributed by atoms with Crippen LogP contribution in [0.25, 0.3) is 0 Å². The van der Waals surface area contributed by atoms with Crippen LogP contribution < -0.4 is 11.1 Å². The molecule has 0 radical (unpaired) electrons. The van der Waals surface area contributed by atoms with Crippen LogP contribution in [0.15, 0.2) is 0 Å². The Bertz CT molecular complexity index is 566. The minimum atomic E-state index is -1.17. The fourth-order valence-electron chi connectivity index (χ4n) is 3.27. The summed E-state index contributed by atoms with van der Waals surface area (Å²) < 4.78 is 0. The van der Waals surface area contributed by atoms with Gasteiger partial charge in [-0.05, 0) is 19.8 Å². The summed E-state index contributed by atoms with van der Waals surface area (Å²) in [6.07, 6.45) is -1.23. The maximum absolute atomic E-state index is 12.5. The van der Waals surface area contributed by atoms with Crippen molar-refractivity contribution in [1.82, 2.24) is 15.1 Å². The van der Waals surface area contributed by atoms with Crippen LogP contribution in [0.4, 0.5) is 4.79 Å². The van der Waals surface area contributed by atoms with Gasteiger partial charge < -0.3 is 31.1 Å². The minimum Gasteiger partial charge on any atom is -0.465 e. The Kier molecular flexibility index (Phi) is 5.83. The lowest BCUT2D eigenvalue weighted by Gasteiger charge is -2.22. The van der Waals surface area contributed by atoms with Crippen LogP contribution in [0.3, 0.4) is 0 Å². The van der Waals surface area contributed by atoms with E-state index >= 15 is 0 Å². The molecule has 2 fully saturated rings. The van der Waals surface area contributed by atoms with E-state index in [-0.39, 0.29) is 24.9 Å². The molecule has 140 valence electrons. The van der Waals surface area contributed by atoms with Crippen LogP contribution in [0.5, 0.6) is 0 Å². The maximum atomic E-state index is 12.5. The van der Waals surface area contributed by atoms with Crippen molar-refractivity contribution in [1.29, 1.82) is 0 Å². The minimum absolute atomic E-state index is 0.152. The smallest absolute Gasteiger partial charge is 0.407 e. The first kappa shape index (κ1) is 19.0. The summed E-state index contributed by atoms with van der Waals surface area (Å²) in [6, 6.07) is -1.17. The Morgan fingerprint density at radius 1 is 1.08 bits per heavy atom. The summed E-state index contributed by atoms with van der Waals surface area (Å²) in [7, 11) is 0. The van der Waals surface area contributed by atoms with E-state index in [1.165, 1.54) is 11.8 Å². The Labute approximate surface area is 144 Å². The average Bonchev–Trinajstić information content (AvgIpc) is 3.20. The number of aliphatic hydroxyl groups excluding tert-OH is 1. The van der Waals surface area contributed by atoms with Gasteiger partial charge in [0.2, 0.25) is 17.7 Å². The van der Waals surface area contributed by atoms with E-state index in [2.05, 4.69) is 5.32 Å². The van der Waals surface area contributed by atoms with Gasteiger partial charge in [0.25, 0.3) is 0 Å². The van der Waals surface area contributed by atoms with Gasteiger partial charge in [-0.25, -0.2) is 4.79 Å². The first-order valence-corrected chi connectivity index (χ1v) is 8.25. The molecule has 0 spiro atoms. The molecule has 2 heterocycles. The highest BCUT2D eigenvalue weighted by Gasteiger charge is 2.38. The number of aliphatic hydroxyl groups is 1. The highest BCUT2D eigenvalue weighted by molar-refractivity contribution is 5.89. The van der Waals surface area contributed by atoms with Crippen LogP contribution in [-0.4, -0.2) is 82.2 Å². The second-order valence-corrected chi connectivity index (χ2v) is 6.61. The number of hydrogen-bond acceptors (Lipinski definition) is 5. The van der Waals surface area contributed by atoms with Gasteiger partial charge in [-0.1, -0.05) is 0 Å². The average molecular weight is 356 g/mol. The van der Waals surface area contributed by atoms with Crippen LogP contribution in [0, 0.1) is 11.8 Å². The Morgan fingerprint density at radius 3 is 2.16 bits per heavy atom. The number of nitrogens with one attached hydrogen (secondary N) is 1. The number of rotatable bonds is 5. The topological polar surface area (TPSA) is 153 Å². The molecular formula is C15H24N4O6. The molecule has 0 unspecified atom stereocenters. The second-order valence-electron chi connectivity index (χ2n) is 6.61. The Morgan fingerprint density at radius 2 is 1.64 bits per heavy atom. The van der Waals surface area contributed by atoms with E-state index < -0.39 is 36.0 Å². The van der Waals surface area contributed by atoms with Gasteiger partial charge in [0.05, 0.1) is 17.9 Å². The third-order valence-corrected chi connectivity index (χ3v) is 4.77. The normalized spacial score (nSPS) is 25.5. The van der Waals surface area contributed by atoms with Crippen molar-refractivity contribution in [3.05, 3.63) is 0 Å². The summed E-state index contributed by atoms with van der Waals surface area (Å²) in [6.45, 7) is 2.47. The maximum Gasteiger partial charge on any atom is 0.407 e. The number of carbonyl (C=O) groups is 4. The molecule has 10 nitrogen and oxygen atoms in total. The van der Waals surface area contributed by atoms with Crippen molar-refractivity contribution < 1.29 is 29.4 Å². The van der Waals surface area contributed by atoms with Crippen LogP contribution in [-0.2, 0) is 14.4 Å². The molecule has 0 bridgehead atoms. The van der Waals surface area contributed by atoms with E-state index in [1.807, 2.05) is 0 Å². The Hall–Kier alpha value is -2.36. The molecule has 0 aliphatic carbocycles. The molecule has 2 aliphatic rings. The van der Waals surface area contributed by atoms with Crippen LogP contribution in [0.1, 0.15) is 19.8 Å². The molecule has 10 heteroatoms. The van der Waals surface area contributed by atoms with Gasteiger partial charge in [0.1, 0.15) is 6.04 Å². The summed E-state index contributed by atoms with van der Waals surface area (Å²) in [4.78, 5) is 49.7. The lowest BCUT2D eigenvalue weighted by Crippen LogP contribution is -2.52. The van der Waals surface area contributed by atoms with Crippen molar-refractivity contribution in [2.45, 2.75) is 31.9 Å². The van der Waals surface area contributed by atoms with Crippen molar-refractivity contribution >= 4 is 23.8 Å². The zero-order valence-corrected chi connectivity index (χ0v) is 14.1. The molecule has 0 aromatic carbocycles. The van der Waals surface area contributed by atoms with Crippen molar-refractivity contribution in [3.63, 3.8) is 0 Å². The van der Waals surface area contributed by atoms with Gasteiger partial charge in [0.15, 0.2) is 0 Å². The number of amides is 4. The highest BCUT2D eigenvalue weighted by Crippen LogP contribution is 2.24. The summed E-state index contributed by atoms with van der Waals surface area (Å²) in [5.74, 6) is -2.27.